The van der Waals surface area contributed by atoms with E-state index in [9.17, 15) is 0 Å². The van der Waals surface area contributed by atoms with Gasteiger partial charge in [-0.05, 0) is 6.07 Å². The first-order chi connectivity index (χ1) is 6.95. The molecule has 0 N–H and O–H groups in total. The molecule has 14 heavy (non-hydrogen) atoms. The highest BCUT2D eigenvalue weighted by Crippen LogP contribution is 2.34. The van der Waals surface area contributed by atoms with Crippen LogP contribution in [0.2, 0.25) is 0 Å². The Bertz CT molecular complexity index is 342. The molecular weight excluding hydrogens is 180 g/mol. The third-order valence-electron chi connectivity index (χ3n) is 2.65. The Labute approximate surface area is 82.6 Å². The van der Waals surface area contributed by atoms with Crippen LogP contribution in [0.5, 0.6) is 5.75 Å². The van der Waals surface area contributed by atoms with Crippen LogP contribution < -0.4 is 4.74 Å². The van der Waals surface area contributed by atoms with E-state index in [1.165, 1.54) is 5.56 Å². The number of benzene rings is 1. The number of hydrogen-bond donors (Lipinski definition) is 0. The summed E-state index contributed by atoms with van der Waals surface area (Å²) in [5.74, 6) is 0.988. The summed E-state index contributed by atoms with van der Waals surface area (Å²) >= 11 is 0. The Morgan fingerprint density at radius 2 is 1.93 bits per heavy atom. The maximum atomic E-state index is 5.49. The molecule has 2 aliphatic rings. The van der Waals surface area contributed by atoms with Gasteiger partial charge in [0.05, 0.1) is 19.8 Å². The molecule has 3 heteroatoms. The smallest absolute Gasteiger partial charge is 0.184 e. The van der Waals surface area contributed by atoms with Crippen LogP contribution >= 0.6 is 0 Å². The van der Waals surface area contributed by atoms with Crippen molar-refractivity contribution in [3.05, 3.63) is 29.3 Å². The lowest BCUT2D eigenvalue weighted by atomic mass is 10.1. The maximum absolute atomic E-state index is 5.49. The van der Waals surface area contributed by atoms with Gasteiger partial charge in [-0.2, -0.15) is 0 Å². The van der Waals surface area contributed by atoms with Gasteiger partial charge in [0.25, 0.3) is 0 Å². The van der Waals surface area contributed by atoms with E-state index in [2.05, 4.69) is 6.07 Å². The van der Waals surface area contributed by atoms with Gasteiger partial charge in [0.15, 0.2) is 6.29 Å². The van der Waals surface area contributed by atoms with Gasteiger partial charge in [-0.15, -0.1) is 0 Å². The summed E-state index contributed by atoms with van der Waals surface area (Å²) in [5.41, 5.74) is 2.39. The van der Waals surface area contributed by atoms with Crippen LogP contribution in [0.15, 0.2) is 18.2 Å². The van der Waals surface area contributed by atoms with E-state index in [4.69, 9.17) is 14.2 Å². The van der Waals surface area contributed by atoms with E-state index in [1.54, 1.807) is 0 Å². The maximum Gasteiger partial charge on any atom is 0.184 e. The standard InChI is InChI=1S/C11H12O3/c1-2-9(11-13-6-7-14-11)8-4-5-12-10(8)3-1/h1-3,11H,4-7H2. The Morgan fingerprint density at radius 3 is 2.79 bits per heavy atom. The van der Waals surface area contributed by atoms with Crippen LogP contribution in [0.4, 0.5) is 0 Å². The normalized spacial score (nSPS) is 20.9. The fourth-order valence-electron chi connectivity index (χ4n) is 2.01. The van der Waals surface area contributed by atoms with Crippen LogP contribution in [-0.4, -0.2) is 19.8 Å². The first-order valence-electron chi connectivity index (χ1n) is 4.93. The number of ether oxygens (including phenoxy) is 3. The summed E-state index contributed by atoms with van der Waals surface area (Å²) in [6, 6.07) is 6.05. The minimum absolute atomic E-state index is 0.174. The van der Waals surface area contributed by atoms with Gasteiger partial charge in [0.1, 0.15) is 5.75 Å². The zero-order valence-corrected chi connectivity index (χ0v) is 7.86. The predicted molar refractivity (Wildman–Crippen MR) is 50.3 cm³/mol. The molecule has 0 radical (unpaired) electrons. The summed E-state index contributed by atoms with van der Waals surface area (Å²) in [5, 5.41) is 0. The average molecular weight is 192 g/mol. The van der Waals surface area contributed by atoms with Gasteiger partial charge in [0.2, 0.25) is 0 Å². The van der Waals surface area contributed by atoms with Gasteiger partial charge in [-0.25, -0.2) is 0 Å². The molecule has 0 amide bonds. The van der Waals surface area contributed by atoms with E-state index in [1.807, 2.05) is 12.1 Å². The van der Waals surface area contributed by atoms with Crippen LogP contribution in [-0.2, 0) is 15.9 Å². The van der Waals surface area contributed by atoms with Gasteiger partial charge in [-0.3, -0.25) is 0 Å². The summed E-state index contributed by atoms with van der Waals surface area (Å²) in [6.45, 7) is 2.16. The van der Waals surface area contributed by atoms with Gasteiger partial charge < -0.3 is 14.2 Å². The number of hydrogen-bond acceptors (Lipinski definition) is 3. The Balaban J connectivity index is 2.00. The first kappa shape index (κ1) is 8.26. The Hall–Kier alpha value is -1.06. The van der Waals surface area contributed by atoms with E-state index in [0.717, 1.165) is 24.3 Å². The summed E-state index contributed by atoms with van der Waals surface area (Å²) in [4.78, 5) is 0. The fourth-order valence-corrected chi connectivity index (χ4v) is 2.01. The van der Waals surface area contributed by atoms with Crippen molar-refractivity contribution >= 4 is 0 Å². The quantitative estimate of drug-likeness (QED) is 0.677. The van der Waals surface area contributed by atoms with E-state index in [-0.39, 0.29) is 6.29 Å². The van der Waals surface area contributed by atoms with Crippen molar-refractivity contribution < 1.29 is 14.2 Å². The molecule has 0 spiro atoms. The molecule has 3 rings (SSSR count). The highest BCUT2D eigenvalue weighted by atomic mass is 16.7. The van der Waals surface area contributed by atoms with E-state index in [0.29, 0.717) is 13.2 Å². The van der Waals surface area contributed by atoms with Gasteiger partial charge in [0, 0.05) is 17.5 Å². The Kier molecular flexibility index (Phi) is 1.92. The third-order valence-corrected chi connectivity index (χ3v) is 2.65. The van der Waals surface area contributed by atoms with Crippen molar-refractivity contribution in [3.8, 4) is 5.75 Å². The van der Waals surface area contributed by atoms with Crippen molar-refractivity contribution in [2.24, 2.45) is 0 Å². The van der Waals surface area contributed by atoms with Crippen molar-refractivity contribution in [2.75, 3.05) is 19.8 Å². The second-order valence-electron chi connectivity index (χ2n) is 3.50. The highest BCUT2D eigenvalue weighted by Gasteiger charge is 2.25. The second-order valence-corrected chi connectivity index (χ2v) is 3.50. The van der Waals surface area contributed by atoms with Crippen molar-refractivity contribution in [2.45, 2.75) is 12.7 Å². The molecular formula is C11H12O3. The predicted octanol–water partition coefficient (Wildman–Crippen LogP) is 1.67. The molecule has 0 atom stereocenters. The molecule has 3 nitrogen and oxygen atoms in total. The highest BCUT2D eigenvalue weighted by molar-refractivity contribution is 5.43. The van der Waals surface area contributed by atoms with Gasteiger partial charge >= 0.3 is 0 Å². The summed E-state index contributed by atoms with van der Waals surface area (Å²) in [7, 11) is 0. The lowest BCUT2D eigenvalue weighted by molar-refractivity contribution is -0.0446. The number of fused-ring (bicyclic) bond motifs is 1. The zero-order valence-electron chi connectivity index (χ0n) is 7.86. The van der Waals surface area contributed by atoms with Crippen LogP contribution in [0, 0.1) is 0 Å². The molecule has 0 aromatic heterocycles. The fraction of sp³-hybridized carbons (Fsp3) is 0.455. The van der Waals surface area contributed by atoms with Crippen molar-refractivity contribution in [3.63, 3.8) is 0 Å². The molecule has 1 aromatic rings. The SMILES string of the molecule is c1cc2c(c(C3OCCO3)c1)CCO2. The molecule has 0 bridgehead atoms. The van der Waals surface area contributed by atoms with Crippen LogP contribution in [0.3, 0.4) is 0 Å². The minimum Gasteiger partial charge on any atom is -0.493 e. The summed E-state index contributed by atoms with van der Waals surface area (Å²) in [6.07, 6.45) is 0.793. The second kappa shape index (κ2) is 3.26. The monoisotopic (exact) mass is 192 g/mol. The summed E-state index contributed by atoms with van der Waals surface area (Å²) < 4.78 is 16.5. The molecule has 1 aromatic carbocycles. The Morgan fingerprint density at radius 1 is 1.07 bits per heavy atom. The molecule has 1 saturated heterocycles. The third kappa shape index (κ3) is 1.21. The van der Waals surface area contributed by atoms with E-state index >= 15 is 0 Å². The minimum atomic E-state index is -0.174. The topological polar surface area (TPSA) is 27.7 Å². The lowest BCUT2D eigenvalue weighted by Gasteiger charge is -2.12. The largest absolute Gasteiger partial charge is 0.493 e. The van der Waals surface area contributed by atoms with Crippen LogP contribution in [0.25, 0.3) is 0 Å². The molecule has 1 fully saturated rings. The average Bonchev–Trinajstić information content (AvgIpc) is 2.88. The number of rotatable bonds is 1. The molecule has 0 aliphatic carbocycles. The van der Waals surface area contributed by atoms with E-state index < -0.39 is 0 Å². The lowest BCUT2D eigenvalue weighted by Crippen LogP contribution is -2.01. The molecule has 0 unspecified atom stereocenters. The first-order valence-corrected chi connectivity index (χ1v) is 4.93. The van der Waals surface area contributed by atoms with Crippen LogP contribution in [0.1, 0.15) is 17.4 Å². The molecule has 2 heterocycles. The zero-order chi connectivity index (χ0) is 9.38. The molecule has 74 valence electrons. The molecule has 2 aliphatic heterocycles. The van der Waals surface area contributed by atoms with Crippen molar-refractivity contribution in [1.29, 1.82) is 0 Å². The van der Waals surface area contributed by atoms with Gasteiger partial charge in [-0.1, -0.05) is 12.1 Å². The molecule has 0 saturated carbocycles. The van der Waals surface area contributed by atoms with Crippen molar-refractivity contribution in [1.82, 2.24) is 0 Å².